The number of rotatable bonds is 5. The Hall–Kier alpha value is -1.25. The van der Waals surface area contributed by atoms with Crippen molar-refractivity contribution in [3.05, 3.63) is 68.1 Å². The normalized spacial score (nSPS) is 19.8. The van der Waals surface area contributed by atoms with Crippen molar-refractivity contribution in [2.75, 3.05) is 25.4 Å². The van der Waals surface area contributed by atoms with Gasteiger partial charge in [0.25, 0.3) is 5.91 Å². The lowest BCUT2D eigenvalue weighted by Crippen LogP contribution is -2.54. The monoisotopic (exact) mass is 555 g/mol. The minimum absolute atomic E-state index is 0.00725. The van der Waals surface area contributed by atoms with Gasteiger partial charge in [-0.2, -0.15) is 0 Å². The molecule has 2 amide bonds. The second-order valence-electron chi connectivity index (χ2n) is 8.08. The molecule has 2 aromatic carbocycles. The number of carbonyl (C=O) groups excluding carboxylic acids is 2. The van der Waals surface area contributed by atoms with E-state index >= 15 is 0 Å². The van der Waals surface area contributed by atoms with Crippen LogP contribution in [0.2, 0.25) is 10.0 Å². The Morgan fingerprint density at radius 1 is 1.16 bits per heavy atom. The van der Waals surface area contributed by atoms with Gasteiger partial charge in [-0.3, -0.25) is 14.9 Å². The molecule has 32 heavy (non-hydrogen) atoms. The van der Waals surface area contributed by atoms with E-state index in [4.69, 9.17) is 23.2 Å². The molecule has 2 N–H and O–H groups in total. The van der Waals surface area contributed by atoms with Crippen molar-refractivity contribution >= 4 is 62.7 Å². The third kappa shape index (κ3) is 5.62. The molecule has 0 bridgehead atoms. The lowest BCUT2D eigenvalue weighted by Gasteiger charge is -2.39. The van der Waals surface area contributed by atoms with E-state index in [9.17, 15) is 9.59 Å². The van der Waals surface area contributed by atoms with Crippen LogP contribution in [0.1, 0.15) is 28.8 Å². The summed E-state index contributed by atoms with van der Waals surface area (Å²) < 4.78 is 0.957. The molecule has 9 heteroatoms. The Bertz CT molecular complexity index is 997. The molecule has 2 heterocycles. The number of amides is 2. The summed E-state index contributed by atoms with van der Waals surface area (Å²) in [7, 11) is 0. The number of thioether (sulfide) groups is 1. The van der Waals surface area contributed by atoms with Gasteiger partial charge in [-0.05, 0) is 61.2 Å². The first-order chi connectivity index (χ1) is 15.3. The van der Waals surface area contributed by atoms with Gasteiger partial charge < -0.3 is 10.2 Å². The molecule has 2 aliphatic heterocycles. The maximum Gasteiger partial charge on any atom is 0.253 e. The molecule has 1 spiro atoms. The molecule has 0 radical (unpaired) electrons. The minimum Gasteiger partial charge on any atom is -0.354 e. The first-order valence-electron chi connectivity index (χ1n) is 10.5. The number of likely N-dealkylation sites (tertiary alicyclic amines) is 1. The molecule has 1 atom stereocenters. The highest BCUT2D eigenvalue weighted by molar-refractivity contribution is 9.10. The van der Waals surface area contributed by atoms with E-state index in [1.165, 1.54) is 0 Å². The quantitative estimate of drug-likeness (QED) is 0.558. The number of nitrogens with one attached hydrogen (secondary N) is 2. The first kappa shape index (κ1) is 23.9. The van der Waals surface area contributed by atoms with Crippen LogP contribution in [0.5, 0.6) is 0 Å². The summed E-state index contributed by atoms with van der Waals surface area (Å²) >= 11 is 17.3. The van der Waals surface area contributed by atoms with Crippen LogP contribution in [0.4, 0.5) is 0 Å². The summed E-state index contributed by atoms with van der Waals surface area (Å²) in [5.74, 6) is 0.798. The molecule has 5 nitrogen and oxygen atoms in total. The fourth-order valence-electron chi connectivity index (χ4n) is 4.09. The van der Waals surface area contributed by atoms with Gasteiger partial charge in [0.1, 0.15) is 0 Å². The number of carbonyl (C=O) groups is 2. The maximum atomic E-state index is 12.8. The molecule has 2 aliphatic rings. The van der Waals surface area contributed by atoms with Gasteiger partial charge in [-0.1, -0.05) is 45.2 Å². The van der Waals surface area contributed by atoms with Gasteiger partial charge >= 0.3 is 0 Å². The molecule has 0 saturated carbocycles. The minimum atomic E-state index is -0.227. The summed E-state index contributed by atoms with van der Waals surface area (Å²) in [4.78, 5) is 27.2. The van der Waals surface area contributed by atoms with Gasteiger partial charge in [0.15, 0.2) is 0 Å². The molecule has 170 valence electrons. The van der Waals surface area contributed by atoms with Gasteiger partial charge in [-0.25, -0.2) is 0 Å². The van der Waals surface area contributed by atoms with Gasteiger partial charge in [0.05, 0.1) is 10.9 Å². The van der Waals surface area contributed by atoms with E-state index in [1.807, 2.05) is 35.2 Å². The van der Waals surface area contributed by atoms with Crippen molar-refractivity contribution in [2.24, 2.45) is 0 Å². The summed E-state index contributed by atoms with van der Waals surface area (Å²) in [6, 6.07) is 12.6. The SMILES string of the molecule is O=C(NCCc1ccc(Cl)cc1Cl)C1CSC2(CCN(C(=O)c3ccc(Br)cc3)CC2)N1. The zero-order chi connectivity index (χ0) is 22.7. The van der Waals surface area contributed by atoms with Crippen LogP contribution in [-0.2, 0) is 11.2 Å². The zero-order valence-electron chi connectivity index (χ0n) is 17.4. The molecule has 1 unspecified atom stereocenters. The average Bonchev–Trinajstić information content (AvgIpc) is 3.19. The van der Waals surface area contributed by atoms with E-state index in [-0.39, 0.29) is 22.7 Å². The Labute approximate surface area is 210 Å². The highest BCUT2D eigenvalue weighted by atomic mass is 79.9. The lowest BCUT2D eigenvalue weighted by atomic mass is 10.0. The van der Waals surface area contributed by atoms with Gasteiger partial charge in [0, 0.05) is 45.5 Å². The number of hydrogen-bond donors (Lipinski definition) is 2. The smallest absolute Gasteiger partial charge is 0.253 e. The second-order valence-corrected chi connectivity index (χ2v) is 11.2. The van der Waals surface area contributed by atoms with Crippen molar-refractivity contribution in [3.63, 3.8) is 0 Å². The predicted molar refractivity (Wildman–Crippen MR) is 135 cm³/mol. The third-order valence-corrected chi connectivity index (χ3v) is 8.63. The number of hydrogen-bond acceptors (Lipinski definition) is 4. The Kier molecular flexibility index (Phi) is 7.73. The molecule has 4 rings (SSSR count). The van der Waals surface area contributed by atoms with Crippen LogP contribution in [0.25, 0.3) is 0 Å². The zero-order valence-corrected chi connectivity index (χ0v) is 21.3. The van der Waals surface area contributed by atoms with E-state index in [2.05, 4.69) is 26.6 Å². The van der Waals surface area contributed by atoms with Gasteiger partial charge in [-0.15, -0.1) is 11.8 Å². The van der Waals surface area contributed by atoms with Crippen LogP contribution in [0.3, 0.4) is 0 Å². The summed E-state index contributed by atoms with van der Waals surface area (Å²) in [6.07, 6.45) is 2.30. The number of nitrogens with zero attached hydrogens (tertiary/aromatic N) is 1. The van der Waals surface area contributed by atoms with E-state index in [1.54, 1.807) is 23.9 Å². The first-order valence-corrected chi connectivity index (χ1v) is 13.1. The van der Waals surface area contributed by atoms with Crippen molar-refractivity contribution in [3.8, 4) is 0 Å². The molecule has 2 aromatic rings. The second kappa shape index (κ2) is 10.3. The van der Waals surface area contributed by atoms with Crippen LogP contribution in [0, 0.1) is 0 Å². The number of piperidine rings is 1. The Balaban J connectivity index is 1.24. The Morgan fingerprint density at radius 2 is 1.88 bits per heavy atom. The lowest BCUT2D eigenvalue weighted by molar-refractivity contribution is -0.122. The van der Waals surface area contributed by atoms with Crippen LogP contribution in [-0.4, -0.2) is 53.0 Å². The van der Waals surface area contributed by atoms with Crippen LogP contribution in [0.15, 0.2) is 46.9 Å². The van der Waals surface area contributed by atoms with E-state index in [0.717, 1.165) is 28.6 Å². The van der Waals surface area contributed by atoms with Crippen LogP contribution < -0.4 is 10.6 Å². The fourth-order valence-corrected chi connectivity index (χ4v) is 6.27. The summed E-state index contributed by atoms with van der Waals surface area (Å²) in [5.41, 5.74) is 1.67. The van der Waals surface area contributed by atoms with Crippen molar-refractivity contribution in [2.45, 2.75) is 30.2 Å². The third-order valence-electron chi connectivity index (χ3n) is 5.94. The largest absolute Gasteiger partial charge is 0.354 e. The molecular weight excluding hydrogens is 533 g/mol. The molecular formula is C23H24BrCl2N3O2S. The topological polar surface area (TPSA) is 61.4 Å². The van der Waals surface area contributed by atoms with Crippen molar-refractivity contribution < 1.29 is 9.59 Å². The Morgan fingerprint density at radius 3 is 2.56 bits per heavy atom. The summed E-state index contributed by atoms with van der Waals surface area (Å²) in [5, 5.41) is 7.78. The summed E-state index contributed by atoms with van der Waals surface area (Å²) in [6.45, 7) is 1.88. The highest BCUT2D eigenvalue weighted by Crippen LogP contribution is 2.39. The standard InChI is InChI=1S/C23H24BrCl2N3O2S/c24-17-4-1-16(2-5-17)22(31)29-11-8-23(9-12-29)28-20(14-32-23)21(30)27-10-7-15-3-6-18(25)13-19(15)26/h1-6,13,20,28H,7-12,14H2,(H,27,30). The molecule has 2 saturated heterocycles. The fraction of sp³-hybridized carbons (Fsp3) is 0.391. The van der Waals surface area contributed by atoms with Crippen molar-refractivity contribution in [1.82, 2.24) is 15.5 Å². The van der Waals surface area contributed by atoms with Crippen LogP contribution >= 0.6 is 50.9 Å². The van der Waals surface area contributed by atoms with E-state index < -0.39 is 0 Å². The molecule has 0 aliphatic carbocycles. The predicted octanol–water partition coefficient (Wildman–Crippen LogP) is 4.75. The molecule has 0 aromatic heterocycles. The van der Waals surface area contributed by atoms with E-state index in [0.29, 0.717) is 41.7 Å². The highest BCUT2D eigenvalue weighted by Gasteiger charge is 2.44. The average molecular weight is 557 g/mol. The van der Waals surface area contributed by atoms with Crippen molar-refractivity contribution in [1.29, 1.82) is 0 Å². The maximum absolute atomic E-state index is 12.8. The number of benzene rings is 2. The van der Waals surface area contributed by atoms with Gasteiger partial charge in [0.2, 0.25) is 5.91 Å². The molecule has 2 fully saturated rings. The number of halogens is 3.